The molecule has 170 valence electrons. The average molecular weight is 453 g/mol. The van der Waals surface area contributed by atoms with Gasteiger partial charge in [0, 0.05) is 30.3 Å². The summed E-state index contributed by atoms with van der Waals surface area (Å²) in [6.45, 7) is 0.683. The number of benzene rings is 1. The number of hydrogen-bond acceptors (Lipinski definition) is 7. The number of ether oxygens (including phenoxy) is 1. The van der Waals surface area contributed by atoms with Crippen LogP contribution < -0.4 is 10.6 Å². The van der Waals surface area contributed by atoms with Crippen LogP contribution in [0.1, 0.15) is 44.9 Å². The highest BCUT2D eigenvalue weighted by atomic mass is 19.1. The fraction of sp³-hybridized carbons (Fsp3) is 0.476. The molecule has 3 N–H and O–H groups in total. The number of nitrogens with one attached hydrogen (secondary N) is 2. The second kappa shape index (κ2) is 8.55. The molecular weight excluding hydrogens is 425 g/mol. The van der Waals surface area contributed by atoms with Gasteiger partial charge < -0.3 is 20.5 Å². The minimum Gasteiger partial charge on any atom is -0.393 e. The highest BCUT2D eigenvalue weighted by Gasteiger charge is 2.27. The fourth-order valence-electron chi connectivity index (χ4n) is 3.70. The van der Waals surface area contributed by atoms with Crippen molar-refractivity contribution in [2.24, 2.45) is 0 Å². The van der Waals surface area contributed by atoms with Crippen molar-refractivity contribution in [3.05, 3.63) is 35.8 Å². The van der Waals surface area contributed by atoms with Crippen molar-refractivity contribution in [3.8, 4) is 0 Å². The van der Waals surface area contributed by atoms with Gasteiger partial charge in [0.25, 0.3) is 0 Å². The van der Waals surface area contributed by atoms with Gasteiger partial charge in [0.05, 0.1) is 26.3 Å². The minimum atomic E-state index is -2.58. The molecule has 1 saturated heterocycles. The molecule has 2 fully saturated rings. The van der Waals surface area contributed by atoms with Crippen molar-refractivity contribution in [2.75, 3.05) is 23.8 Å². The van der Waals surface area contributed by atoms with E-state index in [1.165, 1.54) is 6.20 Å². The summed E-state index contributed by atoms with van der Waals surface area (Å²) in [4.78, 5) is 12.9. The maximum atomic E-state index is 14.3. The Morgan fingerprint density at radius 2 is 2.00 bits per heavy atom. The van der Waals surface area contributed by atoms with E-state index < -0.39 is 54.4 Å². The van der Waals surface area contributed by atoms with Crippen LogP contribution in [-0.4, -0.2) is 50.0 Å². The van der Waals surface area contributed by atoms with Gasteiger partial charge in [0.1, 0.15) is 17.0 Å². The van der Waals surface area contributed by atoms with Gasteiger partial charge in [0.15, 0.2) is 17.3 Å². The summed E-state index contributed by atoms with van der Waals surface area (Å²) < 4.78 is 89.4. The van der Waals surface area contributed by atoms with Crippen LogP contribution in [0.5, 0.6) is 0 Å². The third kappa shape index (κ3) is 4.09. The van der Waals surface area contributed by atoms with Gasteiger partial charge in [-0.15, -0.1) is 0 Å². The van der Waals surface area contributed by atoms with Gasteiger partial charge in [0.2, 0.25) is 11.9 Å². The summed E-state index contributed by atoms with van der Waals surface area (Å²) in [6.07, 6.45) is -6.78. The molecule has 2 aliphatic rings. The van der Waals surface area contributed by atoms with Gasteiger partial charge in [-0.25, -0.2) is 23.1 Å². The van der Waals surface area contributed by atoms with E-state index >= 15 is 0 Å². The molecule has 5 rings (SSSR count). The van der Waals surface area contributed by atoms with Crippen molar-refractivity contribution in [1.82, 2.24) is 19.5 Å². The first-order valence-electron chi connectivity index (χ1n) is 12.6. The van der Waals surface area contributed by atoms with E-state index in [1.807, 2.05) is 0 Å². The van der Waals surface area contributed by atoms with Crippen molar-refractivity contribution in [1.29, 1.82) is 0 Å². The molecule has 5 unspecified atom stereocenters. The van der Waals surface area contributed by atoms with Crippen molar-refractivity contribution in [2.45, 2.75) is 50.2 Å². The van der Waals surface area contributed by atoms with Crippen LogP contribution >= 0.6 is 0 Å². The minimum absolute atomic E-state index is 0.00562. The standard InChI is InChI=1S/C21H23F3N6O2/c22-11-7-15(23)18(16(24)8-11)28-21-27-17-9-25-20(26-12-1-3-14(31)4-2-12)29-19(17)30(21)13-5-6-32-10-13/h7-9,12-14,31H,1-6,10H2,(H,27,28)(H,25,26,29)/i1D2,3D,4D,14D. The van der Waals surface area contributed by atoms with E-state index in [-0.39, 0.29) is 42.1 Å². The lowest BCUT2D eigenvalue weighted by Crippen LogP contribution is -2.29. The third-order valence-corrected chi connectivity index (χ3v) is 5.25. The summed E-state index contributed by atoms with van der Waals surface area (Å²) in [6, 6.07) is -0.411. The number of aliphatic hydroxyl groups is 1. The second-order valence-electron chi connectivity index (χ2n) is 7.47. The number of fused-ring (bicyclic) bond motifs is 1. The summed E-state index contributed by atoms with van der Waals surface area (Å²) in [5, 5.41) is 15.4. The molecule has 2 aromatic heterocycles. The predicted octanol–water partition coefficient (Wildman–Crippen LogP) is 3.66. The Morgan fingerprint density at radius 3 is 2.75 bits per heavy atom. The number of anilines is 3. The molecule has 0 amide bonds. The molecule has 0 spiro atoms. The van der Waals surface area contributed by atoms with E-state index in [9.17, 15) is 18.3 Å². The van der Waals surface area contributed by atoms with Gasteiger partial charge in [-0.05, 0) is 32.0 Å². The maximum Gasteiger partial charge on any atom is 0.224 e. The number of halogens is 3. The second-order valence-corrected chi connectivity index (χ2v) is 7.47. The average Bonchev–Trinajstić information content (AvgIpc) is 3.46. The Labute approximate surface area is 188 Å². The number of aromatic nitrogens is 4. The largest absolute Gasteiger partial charge is 0.393 e. The van der Waals surface area contributed by atoms with Gasteiger partial charge in [-0.2, -0.15) is 4.98 Å². The highest BCUT2D eigenvalue weighted by molar-refractivity contribution is 5.76. The van der Waals surface area contributed by atoms with Crippen LogP contribution in [0.2, 0.25) is 0 Å². The van der Waals surface area contributed by atoms with Crippen molar-refractivity contribution in [3.63, 3.8) is 0 Å². The Bertz CT molecular complexity index is 1320. The topological polar surface area (TPSA) is 97.1 Å². The first kappa shape index (κ1) is 15.8. The summed E-state index contributed by atoms with van der Waals surface area (Å²) in [5.74, 6) is -3.45. The summed E-state index contributed by atoms with van der Waals surface area (Å²) >= 11 is 0. The van der Waals surface area contributed by atoms with Crippen LogP contribution in [0.25, 0.3) is 11.2 Å². The molecule has 3 aromatic rings. The lowest BCUT2D eigenvalue weighted by Gasteiger charge is -2.26. The van der Waals surface area contributed by atoms with Gasteiger partial charge in [-0.1, -0.05) is 0 Å². The molecule has 3 heterocycles. The molecule has 8 nitrogen and oxygen atoms in total. The van der Waals surface area contributed by atoms with E-state index in [0.29, 0.717) is 25.2 Å². The molecule has 11 heteroatoms. The van der Waals surface area contributed by atoms with Crippen LogP contribution in [0.3, 0.4) is 0 Å². The lowest BCUT2D eigenvalue weighted by atomic mass is 9.93. The molecule has 0 bridgehead atoms. The Hall–Kier alpha value is -2.92. The van der Waals surface area contributed by atoms with E-state index in [0.717, 1.165) is 0 Å². The molecule has 0 radical (unpaired) electrons. The number of nitrogens with zero attached hydrogens (tertiary/aromatic N) is 4. The lowest BCUT2D eigenvalue weighted by molar-refractivity contribution is 0.126. The SMILES string of the molecule is [2H]C1CC(Nc2ncc3nc(Nc4c(F)cc(F)cc4F)n(C4CCOC4)c3n2)C([2H])([2H])C([2H])C1([2H])O. The molecule has 1 aliphatic heterocycles. The van der Waals surface area contributed by atoms with Crippen LogP contribution in [0.4, 0.5) is 30.8 Å². The van der Waals surface area contributed by atoms with Gasteiger partial charge >= 0.3 is 0 Å². The molecule has 5 atom stereocenters. The maximum absolute atomic E-state index is 14.3. The van der Waals surface area contributed by atoms with E-state index in [1.54, 1.807) is 4.57 Å². The molecule has 1 saturated carbocycles. The predicted molar refractivity (Wildman–Crippen MR) is 111 cm³/mol. The Balaban J connectivity index is 1.52. The quantitative estimate of drug-likeness (QED) is 0.542. The zero-order chi connectivity index (χ0) is 26.7. The van der Waals surface area contributed by atoms with Crippen LogP contribution in [0, 0.1) is 17.5 Å². The van der Waals surface area contributed by atoms with Gasteiger partial charge in [-0.3, -0.25) is 4.57 Å². The first-order chi connectivity index (χ1) is 17.4. The zero-order valence-corrected chi connectivity index (χ0v) is 16.6. The molecule has 1 aromatic carbocycles. The molecule has 32 heavy (non-hydrogen) atoms. The van der Waals surface area contributed by atoms with Crippen molar-refractivity contribution >= 4 is 28.7 Å². The fourth-order valence-corrected chi connectivity index (χ4v) is 3.70. The van der Waals surface area contributed by atoms with E-state index in [2.05, 4.69) is 25.6 Å². The summed E-state index contributed by atoms with van der Waals surface area (Å²) in [7, 11) is 0. The van der Waals surface area contributed by atoms with E-state index in [4.69, 9.17) is 11.6 Å². The zero-order valence-electron chi connectivity index (χ0n) is 21.6. The summed E-state index contributed by atoms with van der Waals surface area (Å²) in [5.41, 5.74) is -0.132. The molecular formula is C21H23F3N6O2. The molecule has 1 aliphatic carbocycles. The van der Waals surface area contributed by atoms with Crippen LogP contribution in [-0.2, 0) is 4.74 Å². The smallest absolute Gasteiger partial charge is 0.224 e. The number of hydrogen-bond donors (Lipinski definition) is 3. The highest BCUT2D eigenvalue weighted by Crippen LogP contribution is 2.32. The number of rotatable bonds is 5. The monoisotopic (exact) mass is 453 g/mol. The van der Waals surface area contributed by atoms with Crippen LogP contribution in [0.15, 0.2) is 18.3 Å². The third-order valence-electron chi connectivity index (χ3n) is 5.25. The Morgan fingerprint density at radius 1 is 1.19 bits per heavy atom. The first-order valence-corrected chi connectivity index (χ1v) is 9.97. The Kier molecular flexibility index (Phi) is 4.22. The normalized spacial score (nSPS) is 34.3. The number of imidazole rings is 1. The van der Waals surface area contributed by atoms with Crippen molar-refractivity contribution < 1.29 is 29.9 Å².